The van der Waals surface area contributed by atoms with E-state index in [1.807, 2.05) is 13.0 Å². The molecule has 0 amide bonds. The Balaban J connectivity index is 0.00000625. The normalized spacial score (nSPS) is 13.7. The summed E-state index contributed by atoms with van der Waals surface area (Å²) < 4.78 is 27.9. The Morgan fingerprint density at radius 3 is 2.19 bits per heavy atom. The quantitative estimate of drug-likeness (QED) is 0.236. The third kappa shape index (κ3) is 10.9. The molecule has 0 bridgehead atoms. The first-order valence-corrected chi connectivity index (χ1v) is 10.5. The second kappa shape index (κ2) is 13.3. The van der Waals surface area contributed by atoms with Gasteiger partial charge in [0.15, 0.2) is 0 Å². The van der Waals surface area contributed by atoms with Gasteiger partial charge in [-0.2, -0.15) is 0 Å². The lowest BCUT2D eigenvalue weighted by molar-refractivity contribution is -0.172. The van der Waals surface area contributed by atoms with Gasteiger partial charge in [-0.25, -0.2) is 9.09 Å². The van der Waals surface area contributed by atoms with Crippen molar-refractivity contribution in [2.45, 2.75) is 64.6 Å². The fourth-order valence-corrected chi connectivity index (χ4v) is 3.21. The van der Waals surface area contributed by atoms with Gasteiger partial charge in [0.1, 0.15) is 12.4 Å². The van der Waals surface area contributed by atoms with Crippen LogP contribution in [0.25, 0.3) is 0 Å². The van der Waals surface area contributed by atoms with Crippen LogP contribution in [0.2, 0.25) is 0 Å². The summed E-state index contributed by atoms with van der Waals surface area (Å²) in [5.41, 5.74) is 0. The zero-order valence-electron chi connectivity index (χ0n) is 15.9. The Morgan fingerprint density at radius 1 is 1.00 bits per heavy atom. The molecule has 0 aliphatic carbocycles. The number of ether oxygens (including phenoxy) is 2. The summed E-state index contributed by atoms with van der Waals surface area (Å²) >= 11 is 0. The fraction of sp³-hybridized carbons (Fsp3) is 0.667. The van der Waals surface area contributed by atoms with E-state index in [2.05, 4.69) is 6.92 Å². The number of hydrogen-bond acceptors (Lipinski definition) is 5. The molecule has 0 saturated carbocycles. The van der Waals surface area contributed by atoms with Gasteiger partial charge in [0.25, 0.3) is 0 Å². The van der Waals surface area contributed by atoms with Crippen molar-refractivity contribution < 1.29 is 28.3 Å². The van der Waals surface area contributed by atoms with Crippen LogP contribution in [0.1, 0.15) is 58.8 Å². The summed E-state index contributed by atoms with van der Waals surface area (Å²) in [6, 6.07) is 8.89. The van der Waals surface area contributed by atoms with Crippen molar-refractivity contribution in [2.75, 3.05) is 13.2 Å². The summed E-state index contributed by atoms with van der Waals surface area (Å²) in [6.45, 7) is 4.34. The summed E-state index contributed by atoms with van der Waals surface area (Å²) in [7, 11) is -4.74. The zero-order chi connectivity index (χ0) is 18.6. The highest BCUT2D eigenvalue weighted by atomic mass is 31.2. The van der Waals surface area contributed by atoms with Crippen LogP contribution in [-0.2, 0) is 13.8 Å². The number of unbranched alkanes of at least 4 members (excludes halogenated alkanes) is 5. The van der Waals surface area contributed by atoms with E-state index in [1.165, 1.54) is 12.8 Å². The van der Waals surface area contributed by atoms with Gasteiger partial charge in [0, 0.05) is 13.0 Å². The molecule has 1 rings (SSSR count). The van der Waals surface area contributed by atoms with Crippen molar-refractivity contribution in [3.8, 4) is 5.75 Å². The van der Waals surface area contributed by atoms with E-state index in [4.69, 9.17) is 14.0 Å². The highest BCUT2D eigenvalue weighted by Crippen LogP contribution is 2.44. The van der Waals surface area contributed by atoms with Crippen LogP contribution >= 0.6 is 7.82 Å². The molecule has 0 saturated heterocycles. The first-order valence-electron chi connectivity index (χ1n) is 8.99. The first-order chi connectivity index (χ1) is 11.9. The number of rotatable bonds is 14. The average molecular weight is 391 g/mol. The van der Waals surface area contributed by atoms with Crippen molar-refractivity contribution in [1.29, 1.82) is 0 Å². The predicted octanol–water partition coefficient (Wildman–Crippen LogP) is 4.82. The number of benzene rings is 1. The minimum Gasteiger partial charge on any atom is -0.459 e. The van der Waals surface area contributed by atoms with Gasteiger partial charge in [-0.05, 0) is 25.5 Å². The van der Waals surface area contributed by atoms with Crippen molar-refractivity contribution >= 4 is 7.82 Å². The van der Waals surface area contributed by atoms with Crippen molar-refractivity contribution in [3.05, 3.63) is 30.3 Å². The van der Waals surface area contributed by atoms with E-state index < -0.39 is 13.6 Å². The minimum atomic E-state index is -4.74. The molecule has 152 valence electrons. The van der Waals surface area contributed by atoms with E-state index in [1.54, 1.807) is 24.3 Å². The van der Waals surface area contributed by atoms with E-state index in [9.17, 15) is 14.4 Å². The maximum absolute atomic E-state index is 11.5. The van der Waals surface area contributed by atoms with E-state index in [-0.39, 0.29) is 12.8 Å². The molecule has 0 heterocycles. The average Bonchev–Trinajstić information content (AvgIpc) is 2.56. The van der Waals surface area contributed by atoms with Gasteiger partial charge in [-0.15, -0.1) is 0 Å². The summed E-state index contributed by atoms with van der Waals surface area (Å²) in [5, 5.41) is 0. The molecule has 7 nitrogen and oxygen atoms in total. The standard InChI is InChI=1S/C18H31O6P.H3N/c1-3-5-6-7-8-12-15-18(16-22-4-2,24-25(19,20)21)23-17-13-10-9-11-14-17;/h9-11,13-14H,3-8,12,15-16H2,1-2H3,(H2,19,20,21);1H3. The maximum Gasteiger partial charge on any atom is 0.473 e. The molecule has 5 N–H and O–H groups in total. The summed E-state index contributed by atoms with van der Waals surface area (Å²) in [4.78, 5) is 18.7. The third-order valence-electron chi connectivity index (χ3n) is 3.77. The molecule has 0 aromatic heterocycles. The summed E-state index contributed by atoms with van der Waals surface area (Å²) in [6.07, 6.45) is 6.66. The molecule has 0 radical (unpaired) electrons. The molecule has 8 heteroatoms. The van der Waals surface area contributed by atoms with E-state index in [0.717, 1.165) is 25.7 Å². The lowest BCUT2D eigenvalue weighted by Gasteiger charge is -2.33. The third-order valence-corrected chi connectivity index (χ3v) is 4.34. The van der Waals surface area contributed by atoms with Gasteiger partial charge in [0.05, 0.1) is 0 Å². The van der Waals surface area contributed by atoms with Gasteiger partial charge in [0.2, 0.25) is 5.79 Å². The molecule has 0 spiro atoms. The first kappa shape index (κ1) is 25.1. The van der Waals surface area contributed by atoms with Crippen molar-refractivity contribution in [3.63, 3.8) is 0 Å². The van der Waals surface area contributed by atoms with Gasteiger partial charge in [-0.1, -0.05) is 57.2 Å². The van der Waals surface area contributed by atoms with Crippen LogP contribution in [-0.4, -0.2) is 28.8 Å². The van der Waals surface area contributed by atoms with Crippen molar-refractivity contribution in [2.24, 2.45) is 0 Å². The van der Waals surface area contributed by atoms with Crippen LogP contribution in [0.5, 0.6) is 5.75 Å². The molecule has 0 fully saturated rings. The van der Waals surface area contributed by atoms with Crippen LogP contribution in [0, 0.1) is 0 Å². The highest BCUT2D eigenvalue weighted by molar-refractivity contribution is 7.46. The van der Waals surface area contributed by atoms with Crippen LogP contribution in [0.15, 0.2) is 30.3 Å². The molecule has 0 aliphatic rings. The topological polar surface area (TPSA) is 120 Å². The smallest absolute Gasteiger partial charge is 0.459 e. The zero-order valence-corrected chi connectivity index (χ0v) is 16.8. The van der Waals surface area contributed by atoms with Crippen LogP contribution in [0.3, 0.4) is 0 Å². The predicted molar refractivity (Wildman–Crippen MR) is 102 cm³/mol. The minimum absolute atomic E-state index is 0. The lowest BCUT2D eigenvalue weighted by Crippen LogP contribution is -2.43. The molecule has 1 aromatic rings. The molecule has 0 aliphatic heterocycles. The SMILES string of the molecule is CCCCCCCCC(COCC)(Oc1ccccc1)OP(=O)(O)O.N. The van der Waals surface area contributed by atoms with E-state index in [0.29, 0.717) is 18.8 Å². The van der Waals surface area contributed by atoms with Gasteiger partial charge >= 0.3 is 7.82 Å². The Labute approximate surface area is 156 Å². The Bertz CT molecular complexity index is 510. The van der Waals surface area contributed by atoms with Crippen LogP contribution < -0.4 is 10.9 Å². The molecular weight excluding hydrogens is 357 g/mol. The number of para-hydroxylation sites is 1. The summed E-state index contributed by atoms with van der Waals surface area (Å²) in [5.74, 6) is -1.01. The van der Waals surface area contributed by atoms with Crippen LogP contribution in [0.4, 0.5) is 0 Å². The molecule has 1 unspecified atom stereocenters. The molecule has 1 atom stereocenters. The Morgan fingerprint density at radius 2 is 1.62 bits per heavy atom. The number of phosphoric ester groups is 1. The Kier molecular flexibility index (Phi) is 12.8. The molecular formula is C18H34NO6P. The van der Waals surface area contributed by atoms with Crippen molar-refractivity contribution in [1.82, 2.24) is 6.15 Å². The number of phosphoric acid groups is 1. The molecule has 26 heavy (non-hydrogen) atoms. The second-order valence-corrected chi connectivity index (χ2v) is 7.23. The van der Waals surface area contributed by atoms with E-state index >= 15 is 0 Å². The van der Waals surface area contributed by atoms with Gasteiger partial charge < -0.3 is 25.4 Å². The fourth-order valence-electron chi connectivity index (χ4n) is 2.60. The number of hydrogen-bond donors (Lipinski definition) is 3. The maximum atomic E-state index is 11.5. The van der Waals surface area contributed by atoms with Gasteiger partial charge in [-0.3, -0.25) is 0 Å². The lowest BCUT2D eigenvalue weighted by atomic mass is 10.1. The monoisotopic (exact) mass is 391 g/mol. The Hall–Kier alpha value is -0.950. The highest BCUT2D eigenvalue weighted by Gasteiger charge is 2.40. The second-order valence-electron chi connectivity index (χ2n) is 6.06. The largest absolute Gasteiger partial charge is 0.473 e. The molecule has 1 aromatic carbocycles.